The maximum absolute atomic E-state index is 11.7. The van der Waals surface area contributed by atoms with E-state index in [2.05, 4.69) is 41.2 Å². The first kappa shape index (κ1) is 16.4. The van der Waals surface area contributed by atoms with Gasteiger partial charge in [0.05, 0.1) is 23.3 Å². The molecule has 0 bridgehead atoms. The minimum Gasteiger partial charge on any atom is -0.478 e. The Balaban J connectivity index is 1.82. The molecule has 1 aromatic heterocycles. The Bertz CT molecular complexity index is 1050. The van der Waals surface area contributed by atoms with Gasteiger partial charge in [-0.15, -0.1) is 5.92 Å². The van der Waals surface area contributed by atoms with Crippen molar-refractivity contribution >= 4 is 16.9 Å². The number of nitrogens with zero attached hydrogens (tertiary/aromatic N) is 2. The predicted octanol–water partition coefficient (Wildman–Crippen LogP) is 4.59. The second-order valence-corrected chi connectivity index (χ2v) is 6.81. The van der Waals surface area contributed by atoms with E-state index in [1.807, 2.05) is 6.92 Å². The van der Waals surface area contributed by atoms with E-state index in [4.69, 9.17) is 0 Å². The van der Waals surface area contributed by atoms with Crippen molar-refractivity contribution in [3.05, 3.63) is 64.8 Å². The fourth-order valence-electron chi connectivity index (χ4n) is 3.48. The van der Waals surface area contributed by atoms with Crippen LogP contribution in [0.3, 0.4) is 0 Å². The first-order chi connectivity index (χ1) is 12.6. The van der Waals surface area contributed by atoms with E-state index >= 15 is 0 Å². The smallest absolute Gasteiger partial charge is 0.337 e. The molecule has 3 aromatic rings. The van der Waals surface area contributed by atoms with Crippen LogP contribution in [0.4, 0.5) is 0 Å². The molecule has 1 aliphatic carbocycles. The van der Waals surface area contributed by atoms with E-state index in [0.717, 1.165) is 22.4 Å². The zero-order chi connectivity index (χ0) is 18.3. The third-order valence-corrected chi connectivity index (χ3v) is 5.08. The normalized spacial score (nSPS) is 14.7. The monoisotopic (exact) mass is 344 g/mol. The molecule has 26 heavy (non-hydrogen) atoms. The van der Waals surface area contributed by atoms with Gasteiger partial charge in [-0.25, -0.2) is 4.79 Å². The summed E-state index contributed by atoms with van der Waals surface area (Å²) >= 11 is 0. The number of aromatic nitrogens is 2. The lowest BCUT2D eigenvalue weighted by Crippen LogP contribution is -2.11. The van der Waals surface area contributed by atoms with E-state index in [0.29, 0.717) is 5.52 Å². The van der Waals surface area contributed by atoms with Crippen molar-refractivity contribution in [1.82, 2.24) is 9.78 Å². The van der Waals surface area contributed by atoms with Crippen LogP contribution in [0.1, 0.15) is 65.7 Å². The number of hydrogen-bond donors (Lipinski definition) is 1. The molecule has 2 aromatic carbocycles. The van der Waals surface area contributed by atoms with E-state index in [1.54, 1.807) is 29.9 Å². The second kappa shape index (κ2) is 6.34. The Kier molecular flexibility index (Phi) is 4.00. The molecule has 1 aliphatic rings. The van der Waals surface area contributed by atoms with Crippen molar-refractivity contribution in [2.24, 2.45) is 0 Å². The van der Waals surface area contributed by atoms with Crippen LogP contribution in [0.15, 0.2) is 42.6 Å². The van der Waals surface area contributed by atoms with E-state index < -0.39 is 5.97 Å². The lowest BCUT2D eigenvalue weighted by Gasteiger charge is -2.16. The molecule has 4 heteroatoms. The molecule has 0 unspecified atom stereocenters. The molecule has 1 fully saturated rings. The second-order valence-electron chi connectivity index (χ2n) is 6.81. The minimum absolute atomic E-state index is 0.0660. The van der Waals surface area contributed by atoms with E-state index in [1.165, 1.54) is 18.4 Å². The topological polar surface area (TPSA) is 55.1 Å². The van der Waals surface area contributed by atoms with Gasteiger partial charge in [0.25, 0.3) is 0 Å². The Hall–Kier alpha value is -3.06. The number of carboxylic acids is 1. The van der Waals surface area contributed by atoms with Gasteiger partial charge < -0.3 is 5.11 Å². The van der Waals surface area contributed by atoms with Gasteiger partial charge in [-0.05, 0) is 55.9 Å². The van der Waals surface area contributed by atoms with Crippen molar-refractivity contribution in [3.8, 4) is 11.8 Å². The highest BCUT2D eigenvalue weighted by molar-refractivity contribution is 6.03. The fourth-order valence-corrected chi connectivity index (χ4v) is 3.48. The molecule has 1 heterocycles. The number of fused-ring (bicyclic) bond motifs is 1. The summed E-state index contributed by atoms with van der Waals surface area (Å²) in [5, 5.41) is 14.9. The Morgan fingerprint density at radius 1 is 1.23 bits per heavy atom. The molecule has 130 valence electrons. The molecule has 0 amide bonds. The average Bonchev–Trinajstić information content (AvgIpc) is 3.40. The molecule has 4 rings (SSSR count). The van der Waals surface area contributed by atoms with Crippen LogP contribution in [0.25, 0.3) is 10.9 Å². The fraction of sp³-hybridized carbons (Fsp3) is 0.273. The molecule has 0 saturated heterocycles. The Labute approximate surface area is 152 Å². The third-order valence-electron chi connectivity index (χ3n) is 5.08. The number of carbonyl (C=O) groups is 1. The minimum atomic E-state index is -0.955. The zero-order valence-corrected chi connectivity index (χ0v) is 14.9. The number of carboxylic acid groups (broad SMARTS) is 1. The lowest BCUT2D eigenvalue weighted by atomic mass is 10.0. The molecule has 1 atom stereocenters. The summed E-state index contributed by atoms with van der Waals surface area (Å²) in [5.41, 5.74) is 4.17. The maximum atomic E-state index is 11.7. The quantitative estimate of drug-likeness (QED) is 0.704. The highest BCUT2D eigenvalue weighted by Crippen LogP contribution is 2.40. The van der Waals surface area contributed by atoms with Crippen LogP contribution in [0.2, 0.25) is 0 Å². The van der Waals surface area contributed by atoms with Gasteiger partial charge in [0.2, 0.25) is 0 Å². The highest BCUT2D eigenvalue weighted by atomic mass is 16.4. The molecule has 1 N–H and O–H groups in total. The van der Waals surface area contributed by atoms with E-state index in [9.17, 15) is 9.90 Å². The van der Waals surface area contributed by atoms with Crippen molar-refractivity contribution in [2.75, 3.05) is 0 Å². The highest BCUT2D eigenvalue weighted by Gasteiger charge is 2.24. The molecule has 0 aliphatic heterocycles. The summed E-state index contributed by atoms with van der Waals surface area (Å²) in [6, 6.07) is 11.9. The van der Waals surface area contributed by atoms with Gasteiger partial charge in [-0.2, -0.15) is 5.10 Å². The maximum Gasteiger partial charge on any atom is 0.337 e. The first-order valence-corrected chi connectivity index (χ1v) is 8.86. The predicted molar refractivity (Wildman–Crippen MR) is 101 cm³/mol. The van der Waals surface area contributed by atoms with Crippen LogP contribution >= 0.6 is 0 Å². The molecule has 4 nitrogen and oxygen atoms in total. The molecular formula is C22H20N2O2. The number of aromatic carboxylic acids is 1. The van der Waals surface area contributed by atoms with Gasteiger partial charge in [-0.3, -0.25) is 4.68 Å². The molecule has 0 radical (unpaired) electrons. The summed E-state index contributed by atoms with van der Waals surface area (Å²) in [6.07, 6.45) is 4.28. The number of benzene rings is 2. The van der Waals surface area contributed by atoms with Crippen LogP contribution in [0.5, 0.6) is 0 Å². The van der Waals surface area contributed by atoms with E-state index in [-0.39, 0.29) is 11.6 Å². The van der Waals surface area contributed by atoms with Crippen LogP contribution < -0.4 is 0 Å². The summed E-state index contributed by atoms with van der Waals surface area (Å²) < 4.78 is 1.80. The average molecular weight is 344 g/mol. The van der Waals surface area contributed by atoms with Gasteiger partial charge in [-0.1, -0.05) is 30.2 Å². The molecule has 0 spiro atoms. The van der Waals surface area contributed by atoms with Gasteiger partial charge in [0.15, 0.2) is 0 Å². The summed E-state index contributed by atoms with van der Waals surface area (Å²) in [5.74, 6) is 5.69. The zero-order valence-electron chi connectivity index (χ0n) is 14.9. The van der Waals surface area contributed by atoms with Crippen LogP contribution in [-0.2, 0) is 0 Å². The lowest BCUT2D eigenvalue weighted by molar-refractivity contribution is 0.0698. The largest absolute Gasteiger partial charge is 0.478 e. The third kappa shape index (κ3) is 2.76. The van der Waals surface area contributed by atoms with Crippen molar-refractivity contribution in [3.63, 3.8) is 0 Å². The first-order valence-electron chi connectivity index (χ1n) is 8.86. The Morgan fingerprint density at radius 2 is 1.96 bits per heavy atom. The van der Waals surface area contributed by atoms with Crippen molar-refractivity contribution in [1.29, 1.82) is 0 Å². The SMILES string of the molecule is CC#Cc1ccc(C(=O)O)c2c1cnn2[C@H](C)c1ccc(C2CC2)cc1. The Morgan fingerprint density at radius 3 is 2.58 bits per heavy atom. The van der Waals surface area contributed by atoms with Gasteiger partial charge >= 0.3 is 5.97 Å². The summed E-state index contributed by atoms with van der Waals surface area (Å²) in [4.78, 5) is 11.7. The number of hydrogen-bond acceptors (Lipinski definition) is 2. The van der Waals surface area contributed by atoms with Crippen molar-refractivity contribution in [2.45, 2.75) is 38.6 Å². The standard InChI is InChI=1S/C22H20N2O2/c1-3-4-18-11-12-19(22(25)26)21-20(18)13-23-24(21)14(2)15-5-7-16(8-6-15)17-9-10-17/h5-8,11-14,17H,9-10H2,1-2H3,(H,25,26)/t14-/m1/s1. The van der Waals surface area contributed by atoms with Gasteiger partial charge in [0.1, 0.15) is 0 Å². The van der Waals surface area contributed by atoms with Gasteiger partial charge in [0, 0.05) is 10.9 Å². The molecular weight excluding hydrogens is 324 g/mol. The number of rotatable bonds is 4. The van der Waals surface area contributed by atoms with Crippen LogP contribution in [0, 0.1) is 11.8 Å². The van der Waals surface area contributed by atoms with Crippen molar-refractivity contribution < 1.29 is 9.90 Å². The van der Waals surface area contributed by atoms with Crippen LogP contribution in [-0.4, -0.2) is 20.9 Å². The summed E-state index contributed by atoms with van der Waals surface area (Å²) in [6.45, 7) is 3.81. The molecule has 1 saturated carbocycles. The summed E-state index contributed by atoms with van der Waals surface area (Å²) in [7, 11) is 0.